The molecule has 1 aliphatic rings. The van der Waals surface area contributed by atoms with Crippen molar-refractivity contribution in [3.63, 3.8) is 0 Å². The molecule has 0 aliphatic carbocycles. The molecule has 1 unspecified atom stereocenters. The highest BCUT2D eigenvalue weighted by Crippen LogP contribution is 2.27. The van der Waals surface area contributed by atoms with Gasteiger partial charge in [-0.1, -0.05) is 18.2 Å². The van der Waals surface area contributed by atoms with Gasteiger partial charge in [-0.25, -0.2) is 17.2 Å². The van der Waals surface area contributed by atoms with Gasteiger partial charge in [0.2, 0.25) is 0 Å². The van der Waals surface area contributed by atoms with Crippen molar-refractivity contribution in [1.29, 1.82) is 0 Å². The fraction of sp³-hybridized carbons (Fsp3) is 0.278. The fourth-order valence-electron chi connectivity index (χ4n) is 3.11. The monoisotopic (exact) mass is 380 g/mol. The second-order valence-electron chi connectivity index (χ2n) is 6.24. The summed E-state index contributed by atoms with van der Waals surface area (Å²) in [5, 5.41) is 2.76. The Hall–Kier alpha value is -2.48. The van der Waals surface area contributed by atoms with Gasteiger partial charge in [0.25, 0.3) is 5.91 Å². The van der Waals surface area contributed by atoms with Gasteiger partial charge in [-0.15, -0.1) is 0 Å². The SMILES string of the molecule is CS(=O)(=O)c1ccccc1C(=O)NC1CCN(c2c(F)cccc2F)C1. The molecule has 1 N–H and O–H groups in total. The summed E-state index contributed by atoms with van der Waals surface area (Å²) in [6.07, 6.45) is 1.54. The maximum Gasteiger partial charge on any atom is 0.252 e. The zero-order valence-electron chi connectivity index (χ0n) is 14.1. The predicted octanol–water partition coefficient (Wildman–Crippen LogP) is 2.38. The molecular weight excluding hydrogens is 362 g/mol. The number of carbonyl (C=O) groups excluding carboxylic acids is 1. The molecule has 0 saturated carbocycles. The van der Waals surface area contributed by atoms with E-state index in [9.17, 15) is 22.0 Å². The molecule has 0 aromatic heterocycles. The van der Waals surface area contributed by atoms with Crippen LogP contribution < -0.4 is 10.2 Å². The van der Waals surface area contributed by atoms with Crippen molar-refractivity contribution < 1.29 is 22.0 Å². The third-order valence-electron chi connectivity index (χ3n) is 4.31. The van der Waals surface area contributed by atoms with Crippen molar-refractivity contribution in [3.8, 4) is 0 Å². The number of hydrogen-bond acceptors (Lipinski definition) is 4. The predicted molar refractivity (Wildman–Crippen MR) is 94.0 cm³/mol. The standard InChI is InChI=1S/C18H18F2N2O3S/c1-26(24,25)16-8-3-2-5-13(16)18(23)21-12-9-10-22(11-12)17-14(19)6-4-7-15(17)20/h2-8,12H,9-11H2,1H3,(H,21,23). The van der Waals surface area contributed by atoms with Crippen molar-refractivity contribution in [2.24, 2.45) is 0 Å². The van der Waals surface area contributed by atoms with Crippen molar-refractivity contribution in [1.82, 2.24) is 5.32 Å². The summed E-state index contributed by atoms with van der Waals surface area (Å²) in [5.74, 6) is -1.83. The minimum atomic E-state index is -3.55. The topological polar surface area (TPSA) is 66.5 Å². The first-order valence-electron chi connectivity index (χ1n) is 8.06. The number of sulfone groups is 1. The van der Waals surface area contributed by atoms with E-state index in [2.05, 4.69) is 5.32 Å². The molecule has 3 rings (SSSR count). The van der Waals surface area contributed by atoms with Crippen LogP contribution in [0.3, 0.4) is 0 Å². The average molecular weight is 380 g/mol. The minimum absolute atomic E-state index is 0.0486. The number of rotatable bonds is 4. The van der Waals surface area contributed by atoms with E-state index in [1.807, 2.05) is 0 Å². The van der Waals surface area contributed by atoms with E-state index in [-0.39, 0.29) is 28.7 Å². The Morgan fingerprint density at radius 1 is 1.12 bits per heavy atom. The number of hydrogen-bond donors (Lipinski definition) is 1. The number of benzene rings is 2. The van der Waals surface area contributed by atoms with Gasteiger partial charge < -0.3 is 10.2 Å². The molecule has 8 heteroatoms. The maximum absolute atomic E-state index is 13.9. The Morgan fingerprint density at radius 3 is 2.42 bits per heavy atom. The molecule has 5 nitrogen and oxygen atoms in total. The van der Waals surface area contributed by atoms with E-state index in [4.69, 9.17) is 0 Å². The number of amides is 1. The largest absolute Gasteiger partial charge is 0.365 e. The fourth-order valence-corrected chi connectivity index (χ4v) is 4.00. The lowest BCUT2D eigenvalue weighted by Gasteiger charge is -2.20. The van der Waals surface area contributed by atoms with Crippen LogP contribution in [0.4, 0.5) is 14.5 Å². The summed E-state index contributed by atoms with van der Waals surface area (Å²) < 4.78 is 51.5. The van der Waals surface area contributed by atoms with Crippen molar-refractivity contribution in [2.45, 2.75) is 17.4 Å². The van der Waals surface area contributed by atoms with Gasteiger partial charge in [0.1, 0.15) is 17.3 Å². The summed E-state index contributed by atoms with van der Waals surface area (Å²) in [5.41, 5.74) is -0.0497. The minimum Gasteiger partial charge on any atom is -0.365 e. The third kappa shape index (κ3) is 3.70. The lowest BCUT2D eigenvalue weighted by atomic mass is 10.2. The smallest absolute Gasteiger partial charge is 0.252 e. The van der Waals surface area contributed by atoms with Crippen molar-refractivity contribution in [2.75, 3.05) is 24.2 Å². The Balaban J connectivity index is 1.75. The third-order valence-corrected chi connectivity index (χ3v) is 5.46. The molecule has 2 aromatic rings. The second-order valence-corrected chi connectivity index (χ2v) is 8.23. The molecule has 1 amide bonds. The molecule has 1 heterocycles. The summed E-state index contributed by atoms with van der Waals surface area (Å²) in [4.78, 5) is 14.0. The highest BCUT2D eigenvalue weighted by Gasteiger charge is 2.29. The average Bonchev–Trinajstić information content (AvgIpc) is 3.02. The lowest BCUT2D eigenvalue weighted by molar-refractivity contribution is 0.0937. The highest BCUT2D eigenvalue weighted by molar-refractivity contribution is 7.90. The molecular formula is C18H18F2N2O3S. The van der Waals surface area contributed by atoms with E-state index >= 15 is 0 Å². The Morgan fingerprint density at radius 2 is 1.77 bits per heavy atom. The summed E-state index contributed by atoms with van der Waals surface area (Å²) in [6.45, 7) is 0.626. The molecule has 1 saturated heterocycles. The molecule has 0 bridgehead atoms. The van der Waals surface area contributed by atoms with Crippen LogP contribution in [0, 0.1) is 11.6 Å². The summed E-state index contributed by atoms with van der Waals surface area (Å²) in [6, 6.07) is 9.28. The van der Waals surface area contributed by atoms with E-state index < -0.39 is 27.4 Å². The lowest BCUT2D eigenvalue weighted by Crippen LogP contribution is -2.37. The van der Waals surface area contributed by atoms with Crippen LogP contribution in [-0.4, -0.2) is 39.7 Å². The van der Waals surface area contributed by atoms with Crippen LogP contribution in [0.15, 0.2) is 47.4 Å². The first-order valence-corrected chi connectivity index (χ1v) is 9.95. The normalized spacial score (nSPS) is 17.3. The van der Waals surface area contributed by atoms with Crippen LogP contribution in [0.25, 0.3) is 0 Å². The molecule has 0 spiro atoms. The maximum atomic E-state index is 13.9. The van der Waals surface area contributed by atoms with E-state index in [0.29, 0.717) is 13.0 Å². The van der Waals surface area contributed by atoms with Crippen LogP contribution in [-0.2, 0) is 9.84 Å². The first-order chi connectivity index (χ1) is 12.3. The number of halogens is 2. The van der Waals surface area contributed by atoms with Gasteiger partial charge in [-0.3, -0.25) is 4.79 Å². The highest BCUT2D eigenvalue weighted by atomic mass is 32.2. The molecule has 1 aliphatic heterocycles. The van der Waals surface area contributed by atoms with E-state index in [1.165, 1.54) is 35.2 Å². The van der Waals surface area contributed by atoms with Crippen LogP contribution in [0.1, 0.15) is 16.8 Å². The number of anilines is 1. The van der Waals surface area contributed by atoms with Gasteiger partial charge >= 0.3 is 0 Å². The molecule has 138 valence electrons. The number of carbonyl (C=O) groups is 1. The van der Waals surface area contributed by atoms with Crippen molar-refractivity contribution >= 4 is 21.4 Å². The Labute approximate surface area is 150 Å². The Bertz CT molecular complexity index is 927. The van der Waals surface area contributed by atoms with Crippen molar-refractivity contribution in [3.05, 3.63) is 59.7 Å². The molecule has 1 fully saturated rings. The second kappa shape index (κ2) is 7.03. The van der Waals surface area contributed by atoms with E-state index in [1.54, 1.807) is 12.1 Å². The first kappa shape index (κ1) is 18.3. The van der Waals surface area contributed by atoms with Gasteiger partial charge in [-0.05, 0) is 30.7 Å². The van der Waals surface area contributed by atoms with Crippen LogP contribution >= 0.6 is 0 Å². The van der Waals surface area contributed by atoms with Gasteiger partial charge in [0.05, 0.1) is 10.5 Å². The quantitative estimate of drug-likeness (QED) is 0.885. The van der Waals surface area contributed by atoms with Gasteiger partial charge in [0, 0.05) is 25.4 Å². The molecule has 1 atom stereocenters. The summed E-state index contributed by atoms with van der Waals surface area (Å²) in [7, 11) is -3.55. The Kier molecular flexibility index (Phi) is 4.95. The molecule has 2 aromatic carbocycles. The molecule has 26 heavy (non-hydrogen) atoms. The summed E-state index contributed by atoms with van der Waals surface area (Å²) >= 11 is 0. The molecule has 0 radical (unpaired) electrons. The van der Waals surface area contributed by atoms with Crippen LogP contribution in [0.5, 0.6) is 0 Å². The number of nitrogens with one attached hydrogen (secondary N) is 1. The zero-order valence-corrected chi connectivity index (χ0v) is 14.9. The van der Waals surface area contributed by atoms with Gasteiger partial charge in [-0.2, -0.15) is 0 Å². The van der Waals surface area contributed by atoms with Crippen LogP contribution in [0.2, 0.25) is 0 Å². The van der Waals surface area contributed by atoms with E-state index in [0.717, 1.165) is 6.26 Å². The zero-order chi connectivity index (χ0) is 18.9. The number of para-hydroxylation sites is 1. The number of nitrogens with zero attached hydrogens (tertiary/aromatic N) is 1. The van der Waals surface area contributed by atoms with Gasteiger partial charge in [0.15, 0.2) is 9.84 Å².